The lowest BCUT2D eigenvalue weighted by Gasteiger charge is -2.32. The second-order valence-electron chi connectivity index (χ2n) is 7.90. The number of hydrogen-bond acceptors (Lipinski definition) is 3. The molecule has 1 saturated heterocycles. The molecule has 0 spiro atoms. The smallest absolute Gasteiger partial charge is 0.0833 e. The summed E-state index contributed by atoms with van der Waals surface area (Å²) in [6.45, 7) is 13.5. The van der Waals surface area contributed by atoms with Crippen LogP contribution < -0.4 is 0 Å². The molecule has 1 fully saturated rings. The van der Waals surface area contributed by atoms with E-state index in [1.165, 1.54) is 6.42 Å². The molecule has 0 saturated carbocycles. The van der Waals surface area contributed by atoms with Gasteiger partial charge in [0.25, 0.3) is 0 Å². The largest absolute Gasteiger partial charge is 0.393 e. The fourth-order valence-corrected chi connectivity index (χ4v) is 3.06. The first-order chi connectivity index (χ1) is 8.68. The van der Waals surface area contributed by atoms with Crippen LogP contribution in [0.5, 0.6) is 0 Å². The van der Waals surface area contributed by atoms with Crippen LogP contribution in [0.15, 0.2) is 0 Å². The van der Waals surface area contributed by atoms with Gasteiger partial charge in [0, 0.05) is 19.6 Å². The molecule has 3 heteroatoms. The summed E-state index contributed by atoms with van der Waals surface area (Å²) in [7, 11) is 0. The molecule has 19 heavy (non-hydrogen) atoms. The summed E-state index contributed by atoms with van der Waals surface area (Å²) in [5.41, 5.74) is 0.672. The molecule has 0 radical (unpaired) electrons. The van der Waals surface area contributed by atoms with E-state index < -0.39 is 0 Å². The van der Waals surface area contributed by atoms with E-state index in [2.05, 4.69) is 34.6 Å². The minimum atomic E-state index is -0.209. The highest BCUT2D eigenvalue weighted by atomic mass is 16.5. The van der Waals surface area contributed by atoms with Crippen molar-refractivity contribution in [2.75, 3.05) is 19.8 Å². The maximum Gasteiger partial charge on any atom is 0.0833 e. The first-order valence-electron chi connectivity index (χ1n) is 7.55. The zero-order chi connectivity index (χ0) is 14.5. The fraction of sp³-hybridized carbons (Fsp3) is 1.00. The molecule has 114 valence electrons. The average Bonchev–Trinajstić information content (AvgIpc) is 2.21. The molecular weight excluding hydrogens is 240 g/mol. The van der Waals surface area contributed by atoms with Crippen molar-refractivity contribution < 1.29 is 14.6 Å². The molecular formula is C16H32O3. The Balaban J connectivity index is 2.16. The van der Waals surface area contributed by atoms with Crippen LogP contribution in [-0.4, -0.2) is 37.1 Å². The van der Waals surface area contributed by atoms with Gasteiger partial charge in [-0.15, -0.1) is 0 Å². The first kappa shape index (κ1) is 16.9. The standard InChI is InChI=1S/C16H32O3/c1-15(2,3)12-16(4,5)7-9-18-11-14-10-13(17)6-8-19-14/h13-14,17H,6-12H2,1-5H3/t13-,14+/m1/s1. The van der Waals surface area contributed by atoms with Crippen LogP contribution in [-0.2, 0) is 9.47 Å². The third-order valence-electron chi connectivity index (χ3n) is 3.58. The summed E-state index contributed by atoms with van der Waals surface area (Å²) in [6.07, 6.45) is 3.61. The third kappa shape index (κ3) is 7.91. The monoisotopic (exact) mass is 272 g/mol. The number of rotatable bonds is 6. The van der Waals surface area contributed by atoms with Crippen molar-refractivity contribution in [3.05, 3.63) is 0 Å². The summed E-state index contributed by atoms with van der Waals surface area (Å²) < 4.78 is 11.3. The Kier molecular flexibility index (Phi) is 6.28. The Labute approximate surface area is 118 Å². The second kappa shape index (κ2) is 7.05. The number of aliphatic hydroxyl groups excluding tert-OH is 1. The van der Waals surface area contributed by atoms with Gasteiger partial charge < -0.3 is 14.6 Å². The van der Waals surface area contributed by atoms with Gasteiger partial charge in [0.1, 0.15) is 0 Å². The minimum Gasteiger partial charge on any atom is -0.393 e. The lowest BCUT2D eigenvalue weighted by Crippen LogP contribution is -2.32. The summed E-state index contributed by atoms with van der Waals surface area (Å²) in [6, 6.07) is 0. The zero-order valence-electron chi connectivity index (χ0n) is 13.4. The van der Waals surface area contributed by atoms with Gasteiger partial charge in [-0.2, -0.15) is 0 Å². The molecule has 0 bridgehead atoms. The van der Waals surface area contributed by atoms with Crippen molar-refractivity contribution >= 4 is 0 Å². The zero-order valence-corrected chi connectivity index (χ0v) is 13.4. The van der Waals surface area contributed by atoms with E-state index in [-0.39, 0.29) is 12.2 Å². The Morgan fingerprint density at radius 2 is 1.89 bits per heavy atom. The maximum atomic E-state index is 9.56. The molecule has 0 unspecified atom stereocenters. The highest BCUT2D eigenvalue weighted by molar-refractivity contribution is 4.76. The van der Waals surface area contributed by atoms with Crippen molar-refractivity contribution in [3.8, 4) is 0 Å². The van der Waals surface area contributed by atoms with E-state index in [1.807, 2.05) is 0 Å². The molecule has 1 heterocycles. The summed E-state index contributed by atoms with van der Waals surface area (Å²) in [4.78, 5) is 0. The van der Waals surface area contributed by atoms with Crippen molar-refractivity contribution in [1.29, 1.82) is 0 Å². The summed E-state index contributed by atoms with van der Waals surface area (Å²) >= 11 is 0. The predicted octanol–water partition coefficient (Wildman–Crippen LogP) is 3.40. The van der Waals surface area contributed by atoms with Crippen molar-refractivity contribution in [2.24, 2.45) is 10.8 Å². The van der Waals surface area contributed by atoms with Crippen LogP contribution in [0.2, 0.25) is 0 Å². The highest BCUT2D eigenvalue weighted by Gasteiger charge is 2.25. The molecule has 0 aromatic heterocycles. The normalized spacial score (nSPS) is 25.6. The van der Waals surface area contributed by atoms with E-state index in [9.17, 15) is 5.11 Å². The van der Waals surface area contributed by atoms with Gasteiger partial charge in [0.2, 0.25) is 0 Å². The van der Waals surface area contributed by atoms with Crippen molar-refractivity contribution in [2.45, 2.75) is 72.5 Å². The van der Waals surface area contributed by atoms with Gasteiger partial charge in [-0.3, -0.25) is 0 Å². The topological polar surface area (TPSA) is 38.7 Å². The predicted molar refractivity (Wildman–Crippen MR) is 78.3 cm³/mol. The van der Waals surface area contributed by atoms with E-state index >= 15 is 0 Å². The van der Waals surface area contributed by atoms with Crippen LogP contribution >= 0.6 is 0 Å². The quantitative estimate of drug-likeness (QED) is 0.753. The first-order valence-corrected chi connectivity index (χ1v) is 7.55. The second-order valence-corrected chi connectivity index (χ2v) is 7.90. The van der Waals surface area contributed by atoms with Gasteiger partial charge in [-0.1, -0.05) is 34.6 Å². The van der Waals surface area contributed by atoms with E-state index in [0.29, 0.717) is 30.5 Å². The van der Waals surface area contributed by atoms with Crippen molar-refractivity contribution in [3.63, 3.8) is 0 Å². The molecule has 1 aliphatic rings. The lowest BCUT2D eigenvalue weighted by molar-refractivity contribution is -0.0810. The molecule has 0 aromatic rings. The van der Waals surface area contributed by atoms with Crippen LogP contribution in [0.1, 0.15) is 60.3 Å². The molecule has 1 aliphatic heterocycles. The number of hydrogen-bond donors (Lipinski definition) is 1. The molecule has 1 N–H and O–H groups in total. The highest BCUT2D eigenvalue weighted by Crippen LogP contribution is 2.35. The van der Waals surface area contributed by atoms with E-state index in [0.717, 1.165) is 19.4 Å². The lowest BCUT2D eigenvalue weighted by atomic mass is 9.75. The van der Waals surface area contributed by atoms with Crippen LogP contribution in [0.4, 0.5) is 0 Å². The Morgan fingerprint density at radius 1 is 1.21 bits per heavy atom. The van der Waals surface area contributed by atoms with Crippen molar-refractivity contribution in [1.82, 2.24) is 0 Å². The molecule has 0 aliphatic carbocycles. The maximum absolute atomic E-state index is 9.56. The van der Waals surface area contributed by atoms with Gasteiger partial charge in [-0.25, -0.2) is 0 Å². The molecule has 3 nitrogen and oxygen atoms in total. The van der Waals surface area contributed by atoms with Crippen LogP contribution in [0, 0.1) is 10.8 Å². The van der Waals surface area contributed by atoms with Crippen LogP contribution in [0.25, 0.3) is 0 Å². The SMILES string of the molecule is CC(C)(C)CC(C)(C)CCOC[C@@H]1C[C@H](O)CCO1. The summed E-state index contributed by atoms with van der Waals surface area (Å²) in [5.74, 6) is 0. The van der Waals surface area contributed by atoms with Gasteiger partial charge in [0.05, 0.1) is 18.8 Å². The molecule has 1 rings (SSSR count). The van der Waals surface area contributed by atoms with Gasteiger partial charge in [-0.05, 0) is 30.1 Å². The third-order valence-corrected chi connectivity index (χ3v) is 3.58. The molecule has 0 aromatic carbocycles. The minimum absolute atomic E-state index is 0.0782. The Morgan fingerprint density at radius 3 is 2.47 bits per heavy atom. The number of aliphatic hydroxyl groups is 1. The number of ether oxygens (including phenoxy) is 2. The summed E-state index contributed by atoms with van der Waals surface area (Å²) in [5, 5.41) is 9.56. The van der Waals surface area contributed by atoms with Gasteiger partial charge in [0.15, 0.2) is 0 Å². The Bertz CT molecular complexity index is 255. The van der Waals surface area contributed by atoms with E-state index in [1.54, 1.807) is 0 Å². The van der Waals surface area contributed by atoms with E-state index in [4.69, 9.17) is 9.47 Å². The Hall–Kier alpha value is -0.120. The molecule has 2 atom stereocenters. The van der Waals surface area contributed by atoms with Crippen LogP contribution in [0.3, 0.4) is 0 Å². The molecule has 0 amide bonds. The van der Waals surface area contributed by atoms with Gasteiger partial charge >= 0.3 is 0 Å². The fourth-order valence-electron chi connectivity index (χ4n) is 3.06. The average molecular weight is 272 g/mol.